The maximum Gasteiger partial charge on any atom is 0.231 e. The molecule has 0 spiro atoms. The molecule has 0 radical (unpaired) electrons. The molecule has 0 aliphatic heterocycles. The molecule has 1 rings (SSSR count). The molecule has 0 fully saturated rings. The van der Waals surface area contributed by atoms with E-state index in [1.807, 2.05) is 12.1 Å². The highest BCUT2D eigenvalue weighted by Gasteiger charge is 2.09. The Bertz CT molecular complexity index is 474. The minimum atomic E-state index is -0.237. The normalized spacial score (nSPS) is 10.5. The number of ketones is 1. The van der Waals surface area contributed by atoms with Gasteiger partial charge >= 0.3 is 0 Å². The van der Waals surface area contributed by atoms with Crippen LogP contribution >= 0.6 is 15.9 Å². The number of benzene rings is 1. The molecule has 3 nitrogen and oxygen atoms in total. The van der Waals surface area contributed by atoms with Crippen LogP contribution in [0.5, 0.6) is 0 Å². The van der Waals surface area contributed by atoms with Crippen LogP contribution in [0, 0.1) is 0 Å². The van der Waals surface area contributed by atoms with E-state index in [4.69, 9.17) is 0 Å². The van der Waals surface area contributed by atoms with E-state index >= 15 is 0 Å². The number of halogens is 1. The topological polar surface area (TPSA) is 46.2 Å². The van der Waals surface area contributed by atoms with Gasteiger partial charge in [-0.1, -0.05) is 48.7 Å². The first-order valence-corrected chi connectivity index (χ1v) is 9.21. The van der Waals surface area contributed by atoms with Gasteiger partial charge in [0.25, 0.3) is 0 Å². The first-order chi connectivity index (χ1) is 10.6. The lowest BCUT2D eigenvalue weighted by Crippen LogP contribution is -2.17. The zero-order chi connectivity index (χ0) is 16.4. The molecule has 1 N–H and O–H groups in total. The predicted octanol–water partition coefficient (Wildman–Crippen LogP) is 4.66. The van der Waals surface area contributed by atoms with Crippen LogP contribution in [0.1, 0.15) is 57.1 Å². The van der Waals surface area contributed by atoms with Crippen molar-refractivity contribution >= 4 is 33.3 Å². The van der Waals surface area contributed by atoms with Gasteiger partial charge in [-0.2, -0.15) is 0 Å². The van der Waals surface area contributed by atoms with E-state index in [0.29, 0.717) is 0 Å². The summed E-state index contributed by atoms with van der Waals surface area (Å²) in [6.45, 7) is 4.35. The number of Topliss-reactive ketones (excluding diaryl/α,β-unsaturated/α-hetero) is 1. The van der Waals surface area contributed by atoms with E-state index in [-0.39, 0.29) is 23.4 Å². The standard InChI is InChI=1S/C18H26BrNO2/c1-3-5-7-14-9-15(8-6-4-2)11-16(10-14)20-18(22)12-17(21)13-19/h9-11H,3-8,12-13H2,1-2H3,(H,20,22). The van der Waals surface area contributed by atoms with Crippen molar-refractivity contribution in [2.75, 3.05) is 10.6 Å². The molecular formula is C18H26BrNO2. The highest BCUT2D eigenvalue weighted by atomic mass is 79.9. The molecule has 0 atom stereocenters. The number of carbonyl (C=O) groups is 2. The maximum atomic E-state index is 11.9. The summed E-state index contributed by atoms with van der Waals surface area (Å²) in [4.78, 5) is 23.2. The summed E-state index contributed by atoms with van der Waals surface area (Å²) in [6, 6.07) is 6.30. The summed E-state index contributed by atoms with van der Waals surface area (Å²) < 4.78 is 0. The third kappa shape index (κ3) is 7.21. The van der Waals surface area contributed by atoms with Gasteiger partial charge in [-0.15, -0.1) is 0 Å². The summed E-state index contributed by atoms with van der Waals surface area (Å²) in [5, 5.41) is 3.08. The number of rotatable bonds is 10. The first-order valence-electron chi connectivity index (χ1n) is 8.09. The van der Waals surface area contributed by atoms with Crippen LogP contribution in [-0.2, 0) is 22.4 Å². The number of carbonyl (C=O) groups excluding carboxylic acids is 2. The second kappa shape index (κ2) is 10.5. The molecule has 1 amide bonds. The molecule has 0 heterocycles. The quantitative estimate of drug-likeness (QED) is 0.482. The molecule has 0 unspecified atom stereocenters. The molecule has 0 aromatic heterocycles. The van der Waals surface area contributed by atoms with Crippen molar-refractivity contribution in [1.29, 1.82) is 0 Å². The summed E-state index contributed by atoms with van der Waals surface area (Å²) in [7, 11) is 0. The van der Waals surface area contributed by atoms with Gasteiger partial charge in [-0.3, -0.25) is 9.59 Å². The Kier molecular flexibility index (Phi) is 9.05. The van der Waals surface area contributed by atoms with Crippen molar-refractivity contribution in [3.05, 3.63) is 29.3 Å². The zero-order valence-corrected chi connectivity index (χ0v) is 15.2. The Hall–Kier alpha value is -1.16. The van der Waals surface area contributed by atoms with Crippen LogP contribution in [0.25, 0.3) is 0 Å². The van der Waals surface area contributed by atoms with Crippen molar-refractivity contribution in [2.45, 2.75) is 58.8 Å². The van der Waals surface area contributed by atoms with E-state index in [9.17, 15) is 9.59 Å². The fourth-order valence-electron chi connectivity index (χ4n) is 2.32. The van der Waals surface area contributed by atoms with Crippen LogP contribution in [0.2, 0.25) is 0 Å². The van der Waals surface area contributed by atoms with Gasteiger partial charge in [0.05, 0.1) is 11.8 Å². The number of nitrogens with one attached hydrogen (secondary N) is 1. The number of unbranched alkanes of at least 4 members (excludes halogenated alkanes) is 2. The molecule has 1 aromatic rings. The molecule has 4 heteroatoms. The maximum absolute atomic E-state index is 11.9. The van der Waals surface area contributed by atoms with Gasteiger partial charge < -0.3 is 5.32 Å². The molecule has 0 aliphatic rings. The number of alkyl halides is 1. The molecular weight excluding hydrogens is 342 g/mol. The van der Waals surface area contributed by atoms with Gasteiger partial charge in [-0.25, -0.2) is 0 Å². The van der Waals surface area contributed by atoms with E-state index in [1.54, 1.807) is 0 Å². The van der Waals surface area contributed by atoms with E-state index < -0.39 is 0 Å². The molecule has 122 valence electrons. The molecule has 1 aromatic carbocycles. The van der Waals surface area contributed by atoms with E-state index in [2.05, 4.69) is 41.2 Å². The van der Waals surface area contributed by atoms with E-state index in [0.717, 1.165) is 44.2 Å². The summed E-state index contributed by atoms with van der Waals surface area (Å²) >= 11 is 3.08. The average Bonchev–Trinajstić information content (AvgIpc) is 2.50. The third-order valence-corrected chi connectivity index (χ3v) is 4.11. The van der Waals surface area contributed by atoms with E-state index in [1.165, 1.54) is 11.1 Å². The van der Waals surface area contributed by atoms with Crippen molar-refractivity contribution in [3.8, 4) is 0 Å². The van der Waals surface area contributed by atoms with Crippen molar-refractivity contribution < 1.29 is 9.59 Å². The Morgan fingerprint density at radius 1 is 1.00 bits per heavy atom. The summed E-state index contributed by atoms with van der Waals surface area (Å²) in [5.41, 5.74) is 3.34. The third-order valence-electron chi connectivity index (χ3n) is 3.48. The van der Waals surface area contributed by atoms with Crippen molar-refractivity contribution in [1.82, 2.24) is 0 Å². The van der Waals surface area contributed by atoms with Gasteiger partial charge in [0, 0.05) is 5.69 Å². The molecule has 0 bridgehead atoms. The van der Waals surface area contributed by atoms with Gasteiger partial charge in [0.2, 0.25) is 5.91 Å². The minimum absolute atomic E-state index is 0.0747. The van der Waals surface area contributed by atoms with Gasteiger partial charge in [0.15, 0.2) is 5.78 Å². The smallest absolute Gasteiger partial charge is 0.231 e. The first kappa shape index (κ1) is 18.9. The fourth-order valence-corrected chi connectivity index (χ4v) is 2.52. The predicted molar refractivity (Wildman–Crippen MR) is 95.7 cm³/mol. The molecule has 0 saturated carbocycles. The molecule has 0 saturated heterocycles. The highest BCUT2D eigenvalue weighted by Crippen LogP contribution is 2.19. The van der Waals surface area contributed by atoms with Crippen molar-refractivity contribution in [2.24, 2.45) is 0 Å². The SMILES string of the molecule is CCCCc1cc(CCCC)cc(NC(=O)CC(=O)CBr)c1. The number of anilines is 1. The Morgan fingerprint density at radius 3 is 2.00 bits per heavy atom. The second-order valence-electron chi connectivity index (χ2n) is 5.64. The van der Waals surface area contributed by atoms with Crippen molar-refractivity contribution in [3.63, 3.8) is 0 Å². The Labute approximate surface area is 142 Å². The minimum Gasteiger partial charge on any atom is -0.326 e. The lowest BCUT2D eigenvalue weighted by atomic mass is 10.0. The zero-order valence-electron chi connectivity index (χ0n) is 13.6. The van der Waals surface area contributed by atoms with Crippen LogP contribution in [-0.4, -0.2) is 17.0 Å². The number of hydrogen-bond donors (Lipinski definition) is 1. The summed E-state index contributed by atoms with van der Waals surface area (Å²) in [5.74, 6) is -0.343. The van der Waals surface area contributed by atoms with Crippen LogP contribution in [0.3, 0.4) is 0 Å². The lowest BCUT2D eigenvalue weighted by Gasteiger charge is -2.11. The second-order valence-corrected chi connectivity index (χ2v) is 6.20. The largest absolute Gasteiger partial charge is 0.326 e. The number of aryl methyl sites for hydroxylation is 2. The van der Waals surface area contributed by atoms with Crippen LogP contribution < -0.4 is 5.32 Å². The highest BCUT2D eigenvalue weighted by molar-refractivity contribution is 9.09. The fraction of sp³-hybridized carbons (Fsp3) is 0.556. The average molecular weight is 368 g/mol. The lowest BCUT2D eigenvalue weighted by molar-refractivity contribution is -0.123. The van der Waals surface area contributed by atoms with Crippen LogP contribution in [0.4, 0.5) is 5.69 Å². The Morgan fingerprint density at radius 2 is 1.55 bits per heavy atom. The molecule has 22 heavy (non-hydrogen) atoms. The van der Waals surface area contributed by atoms with Gasteiger partial charge in [-0.05, 0) is 48.9 Å². The number of hydrogen-bond acceptors (Lipinski definition) is 2. The monoisotopic (exact) mass is 367 g/mol. The van der Waals surface area contributed by atoms with Gasteiger partial charge in [0.1, 0.15) is 0 Å². The van der Waals surface area contributed by atoms with Crippen LogP contribution in [0.15, 0.2) is 18.2 Å². The molecule has 0 aliphatic carbocycles. The Balaban J connectivity index is 2.81. The number of amides is 1. The summed E-state index contributed by atoms with van der Waals surface area (Å²) in [6.07, 6.45) is 6.58.